The van der Waals surface area contributed by atoms with Crippen molar-refractivity contribution in [2.75, 3.05) is 55.9 Å². The Morgan fingerprint density at radius 3 is 2.60 bits per heavy atom. The second-order valence-corrected chi connectivity index (χ2v) is 17.9. The summed E-state index contributed by atoms with van der Waals surface area (Å²) >= 11 is 0. The summed E-state index contributed by atoms with van der Waals surface area (Å²) in [7, 11) is -1.02. The summed E-state index contributed by atoms with van der Waals surface area (Å²) in [4.78, 5) is 46.7. The maximum Gasteiger partial charge on any atom is 0.332 e. The zero-order chi connectivity index (χ0) is 40.6. The van der Waals surface area contributed by atoms with E-state index in [9.17, 15) is 14.2 Å². The molecule has 4 aromatic heterocycles. The lowest BCUT2D eigenvalue weighted by Gasteiger charge is -2.27. The minimum Gasteiger partial charge on any atom is -0.382 e. The Kier molecular flexibility index (Phi) is 14.2. The molecule has 21 nitrogen and oxygen atoms in total. The van der Waals surface area contributed by atoms with Gasteiger partial charge in [-0.15, -0.1) is 0 Å². The molecule has 8 atom stereocenters. The molecule has 2 amide bonds. The molecular formula is C34H47N12O9PS2. The Morgan fingerprint density at radius 1 is 1.02 bits per heavy atom. The van der Waals surface area contributed by atoms with Gasteiger partial charge in [-0.2, -0.15) is 0 Å². The summed E-state index contributed by atoms with van der Waals surface area (Å²) in [5.74, 6) is 0.525. The molecule has 7 rings (SSSR count). The van der Waals surface area contributed by atoms with Crippen molar-refractivity contribution in [2.45, 2.75) is 81.3 Å². The van der Waals surface area contributed by atoms with Crippen molar-refractivity contribution in [1.29, 1.82) is 0 Å². The second-order valence-electron chi connectivity index (χ2n) is 13.4. The Labute approximate surface area is 341 Å². The number of anilines is 2. The number of nitrogens with one attached hydrogen (secondary N) is 3. The number of aromatic nitrogens is 7. The van der Waals surface area contributed by atoms with E-state index in [2.05, 4.69) is 40.9 Å². The molecule has 3 aliphatic rings. The molecule has 7 heterocycles. The molecule has 0 radical (unpaired) electrons. The number of pyridine rings is 1. The number of imidazole rings is 2. The van der Waals surface area contributed by atoms with Crippen LogP contribution >= 0.6 is 29.2 Å². The highest BCUT2D eigenvalue weighted by Gasteiger charge is 2.45. The van der Waals surface area contributed by atoms with Crippen molar-refractivity contribution >= 4 is 63.8 Å². The van der Waals surface area contributed by atoms with E-state index in [1.807, 2.05) is 32.0 Å². The predicted octanol–water partition coefficient (Wildman–Crippen LogP) is 2.66. The van der Waals surface area contributed by atoms with Gasteiger partial charge in [0.05, 0.1) is 44.2 Å². The third-order valence-corrected chi connectivity index (χ3v) is 13.6. The molecule has 0 saturated carbocycles. The van der Waals surface area contributed by atoms with E-state index in [0.717, 1.165) is 5.03 Å². The van der Waals surface area contributed by atoms with Crippen LogP contribution in [0.1, 0.15) is 56.1 Å². The fraction of sp³-hybridized carbons (Fsp3) is 0.559. The van der Waals surface area contributed by atoms with E-state index in [4.69, 9.17) is 39.5 Å². The highest BCUT2D eigenvalue weighted by molar-refractivity contribution is 8.76. The molecule has 58 heavy (non-hydrogen) atoms. The first-order valence-corrected chi connectivity index (χ1v) is 22.9. The van der Waals surface area contributed by atoms with Gasteiger partial charge < -0.3 is 49.7 Å². The molecule has 2 unspecified atom stereocenters. The van der Waals surface area contributed by atoms with Gasteiger partial charge in [-0.1, -0.05) is 16.9 Å². The molecule has 7 N–H and O–H groups in total. The van der Waals surface area contributed by atoms with Crippen LogP contribution in [0.4, 0.5) is 11.6 Å². The van der Waals surface area contributed by atoms with Gasteiger partial charge in [0.15, 0.2) is 23.4 Å². The first-order valence-electron chi connectivity index (χ1n) is 18.9. The Bertz CT molecular complexity index is 2070. The molecule has 2 fully saturated rings. The van der Waals surface area contributed by atoms with Crippen LogP contribution in [0.3, 0.4) is 0 Å². The number of nitrogens with zero attached hydrogens (tertiary/aromatic N) is 7. The molecule has 314 valence electrons. The molecule has 4 aromatic rings. The van der Waals surface area contributed by atoms with Gasteiger partial charge in [0.1, 0.15) is 47.4 Å². The number of rotatable bonds is 20. The highest BCUT2D eigenvalue weighted by atomic mass is 33.1. The van der Waals surface area contributed by atoms with Crippen molar-refractivity contribution in [3.05, 3.63) is 49.1 Å². The number of amides is 2. The van der Waals surface area contributed by atoms with Crippen LogP contribution in [0.2, 0.25) is 0 Å². The summed E-state index contributed by atoms with van der Waals surface area (Å²) < 4.78 is 55.6. The van der Waals surface area contributed by atoms with Crippen molar-refractivity contribution in [1.82, 2.24) is 44.7 Å². The first-order chi connectivity index (χ1) is 28.1. The number of carbonyl (C=O) groups is 2. The number of carbonyl (C=O) groups excluding carboxylic acids is 2. The standard InChI is InChI=1S/C34H47N12O9PS2/c1-3-50-15-22-21(14-27(53-22)46-19-42-29-32(46)43-34(36)44-33(29)48)55-56(49,11-10-37-24(47)8-12-57-58-25-7-5-6-9-38-25)52-16-23-20(51-4-2)13-26(54-23)45-18-41-28-30(35)39-17-40-31(28)45/h5-7,9,17-23,26-27,34,43H,3-4,8,10-16,36H2,1-2H3,(H,37,47)(H,44,48)(H2,35,39,40)/t20-,21-,22-,23-,26-,27-,34?,56?/m1/s1. The molecule has 3 aliphatic heterocycles. The molecule has 0 spiro atoms. The first kappa shape index (κ1) is 42.2. The minimum absolute atomic E-state index is 0.0123. The van der Waals surface area contributed by atoms with Crippen LogP contribution in [-0.4, -0.2) is 121 Å². The van der Waals surface area contributed by atoms with E-state index >= 15 is 0 Å². The largest absolute Gasteiger partial charge is 0.382 e. The Hall–Kier alpha value is -3.90. The lowest BCUT2D eigenvalue weighted by atomic mass is 10.2. The Morgan fingerprint density at radius 2 is 1.81 bits per heavy atom. The van der Waals surface area contributed by atoms with Crippen molar-refractivity contribution in [3.63, 3.8) is 0 Å². The summed E-state index contributed by atoms with van der Waals surface area (Å²) in [6, 6.07) is 5.65. The van der Waals surface area contributed by atoms with Gasteiger partial charge in [-0.05, 0) is 36.8 Å². The quantitative estimate of drug-likeness (QED) is 0.0485. The van der Waals surface area contributed by atoms with Crippen LogP contribution in [0.15, 0.2) is 48.4 Å². The van der Waals surface area contributed by atoms with Crippen LogP contribution < -0.4 is 27.4 Å². The maximum atomic E-state index is 14.9. The summed E-state index contributed by atoms with van der Waals surface area (Å²) in [6.07, 6.45) is 2.24. The van der Waals surface area contributed by atoms with Crippen LogP contribution in [0, 0.1) is 0 Å². The molecular weight excluding hydrogens is 816 g/mol. The van der Waals surface area contributed by atoms with Gasteiger partial charge in [-0.3, -0.25) is 29.0 Å². The Balaban J connectivity index is 1.05. The summed E-state index contributed by atoms with van der Waals surface area (Å²) in [5.41, 5.74) is 13.1. The molecule has 2 saturated heterocycles. The number of nitrogens with two attached hydrogens (primary N) is 2. The molecule has 24 heteroatoms. The number of hydrogen-bond acceptors (Lipinski definition) is 19. The van der Waals surface area contributed by atoms with Crippen molar-refractivity contribution in [2.24, 2.45) is 5.73 Å². The fourth-order valence-corrected chi connectivity index (χ4v) is 10.3. The van der Waals surface area contributed by atoms with Crippen LogP contribution in [0.5, 0.6) is 0 Å². The minimum atomic E-state index is -4.02. The van der Waals surface area contributed by atoms with Gasteiger partial charge in [0.2, 0.25) is 5.91 Å². The van der Waals surface area contributed by atoms with Crippen molar-refractivity contribution in [3.8, 4) is 0 Å². The van der Waals surface area contributed by atoms with E-state index in [1.165, 1.54) is 34.2 Å². The molecule has 0 bridgehead atoms. The predicted molar refractivity (Wildman–Crippen MR) is 213 cm³/mol. The SMILES string of the molecule is CCOC[C@H]1O[C@@H](n2cnc3c2NC(N)NC3=O)C[C@H]1OP(=O)(CCNC(=O)CCSSc1ccccn1)OC[C@H]1O[C@@H](n2cnc3c(N)ncnc32)C[C@H]1OCC. The average molecular weight is 863 g/mol. The van der Waals surface area contributed by atoms with E-state index in [0.29, 0.717) is 42.4 Å². The summed E-state index contributed by atoms with van der Waals surface area (Å²) in [5, 5.41) is 9.31. The number of fused-ring (bicyclic) bond motifs is 2. The molecule has 0 aliphatic carbocycles. The van der Waals surface area contributed by atoms with Crippen molar-refractivity contribution < 1.29 is 42.1 Å². The second kappa shape index (κ2) is 19.4. The van der Waals surface area contributed by atoms with Crippen LogP contribution in [-0.2, 0) is 37.4 Å². The van der Waals surface area contributed by atoms with E-state index in [-0.39, 0.29) is 56.2 Å². The average Bonchev–Trinajstić information content (AvgIpc) is 4.01. The third kappa shape index (κ3) is 10.1. The van der Waals surface area contributed by atoms with E-state index in [1.54, 1.807) is 21.7 Å². The van der Waals surface area contributed by atoms with Gasteiger partial charge in [0.25, 0.3) is 5.91 Å². The maximum absolute atomic E-state index is 14.9. The highest BCUT2D eigenvalue weighted by Crippen LogP contribution is 2.53. The number of hydrogen-bond donors (Lipinski definition) is 5. The number of ether oxygens (including phenoxy) is 4. The lowest BCUT2D eigenvalue weighted by Crippen LogP contribution is -2.51. The smallest absolute Gasteiger partial charge is 0.332 e. The molecule has 0 aromatic carbocycles. The fourth-order valence-electron chi connectivity index (χ4n) is 6.73. The van der Waals surface area contributed by atoms with Gasteiger partial charge in [-0.25, -0.2) is 24.9 Å². The monoisotopic (exact) mass is 862 g/mol. The van der Waals surface area contributed by atoms with Gasteiger partial charge >= 0.3 is 7.60 Å². The van der Waals surface area contributed by atoms with Crippen LogP contribution in [0.25, 0.3) is 11.2 Å². The van der Waals surface area contributed by atoms with E-state index < -0.39 is 56.7 Å². The number of nitrogen functional groups attached to an aromatic ring is 1. The third-order valence-electron chi connectivity index (χ3n) is 9.46. The zero-order valence-corrected chi connectivity index (χ0v) is 34.4. The van der Waals surface area contributed by atoms with Gasteiger partial charge in [0, 0.05) is 51.0 Å². The zero-order valence-electron chi connectivity index (χ0n) is 31.9. The lowest BCUT2D eigenvalue weighted by molar-refractivity contribution is -0.120. The topological polar surface area (TPSA) is 269 Å². The normalized spacial score (nSPS) is 25.3. The summed E-state index contributed by atoms with van der Waals surface area (Å²) in [6.45, 7) is 4.50.